The number of rotatable bonds is 4. The highest BCUT2D eigenvalue weighted by molar-refractivity contribution is 6.17. The fourth-order valence-corrected chi connectivity index (χ4v) is 2.73. The van der Waals surface area contributed by atoms with Gasteiger partial charge in [0.25, 0.3) is 0 Å². The SMILES string of the molecule is ClCc1cccc(CNC2CCCCCC2)c1. The molecule has 1 aliphatic carbocycles. The first-order chi connectivity index (χ1) is 8.38. The summed E-state index contributed by atoms with van der Waals surface area (Å²) in [5.41, 5.74) is 2.57. The smallest absolute Gasteiger partial charge is 0.0474 e. The van der Waals surface area contributed by atoms with Gasteiger partial charge in [-0.2, -0.15) is 0 Å². The quantitative estimate of drug-likeness (QED) is 0.624. The largest absolute Gasteiger partial charge is 0.310 e. The first-order valence-corrected chi connectivity index (χ1v) is 7.29. The Balaban J connectivity index is 1.83. The van der Waals surface area contributed by atoms with Gasteiger partial charge < -0.3 is 5.32 Å². The molecule has 1 nitrogen and oxygen atoms in total. The summed E-state index contributed by atoms with van der Waals surface area (Å²) in [7, 11) is 0. The topological polar surface area (TPSA) is 12.0 Å². The van der Waals surface area contributed by atoms with E-state index in [9.17, 15) is 0 Å². The van der Waals surface area contributed by atoms with Crippen LogP contribution in [0, 0.1) is 0 Å². The van der Waals surface area contributed by atoms with Crippen molar-refractivity contribution < 1.29 is 0 Å². The lowest BCUT2D eigenvalue weighted by Gasteiger charge is -2.16. The second-order valence-electron chi connectivity index (χ2n) is 5.02. The zero-order valence-electron chi connectivity index (χ0n) is 10.4. The molecule has 0 bridgehead atoms. The van der Waals surface area contributed by atoms with E-state index in [0.29, 0.717) is 5.88 Å². The molecule has 0 aliphatic heterocycles. The second-order valence-corrected chi connectivity index (χ2v) is 5.29. The third-order valence-corrected chi connectivity index (χ3v) is 3.90. The zero-order chi connectivity index (χ0) is 11.9. The van der Waals surface area contributed by atoms with E-state index in [0.717, 1.165) is 12.6 Å². The van der Waals surface area contributed by atoms with Crippen LogP contribution in [0.3, 0.4) is 0 Å². The monoisotopic (exact) mass is 251 g/mol. The average Bonchev–Trinajstić information content (AvgIpc) is 2.65. The van der Waals surface area contributed by atoms with Gasteiger partial charge in [-0.3, -0.25) is 0 Å². The van der Waals surface area contributed by atoms with Crippen molar-refractivity contribution in [1.29, 1.82) is 0 Å². The maximum atomic E-state index is 5.85. The predicted molar refractivity (Wildman–Crippen MR) is 74.3 cm³/mol. The summed E-state index contributed by atoms with van der Waals surface area (Å²) in [5, 5.41) is 3.69. The second kappa shape index (κ2) is 7.03. The highest BCUT2D eigenvalue weighted by Crippen LogP contribution is 2.17. The van der Waals surface area contributed by atoms with Gasteiger partial charge in [-0.1, -0.05) is 49.9 Å². The van der Waals surface area contributed by atoms with Gasteiger partial charge in [-0.15, -0.1) is 11.6 Å². The van der Waals surface area contributed by atoms with Crippen LogP contribution in [0.25, 0.3) is 0 Å². The van der Waals surface area contributed by atoms with E-state index < -0.39 is 0 Å². The van der Waals surface area contributed by atoms with Crippen molar-refractivity contribution >= 4 is 11.6 Å². The summed E-state index contributed by atoms with van der Waals surface area (Å²) < 4.78 is 0. The lowest BCUT2D eigenvalue weighted by molar-refractivity contribution is 0.459. The van der Waals surface area contributed by atoms with E-state index in [-0.39, 0.29) is 0 Å². The molecule has 2 rings (SSSR count). The minimum absolute atomic E-state index is 0.608. The predicted octanol–water partition coefficient (Wildman–Crippen LogP) is 4.24. The van der Waals surface area contributed by atoms with Crippen LogP contribution in [0.4, 0.5) is 0 Å². The maximum Gasteiger partial charge on any atom is 0.0474 e. The highest BCUT2D eigenvalue weighted by atomic mass is 35.5. The van der Waals surface area contributed by atoms with Crippen LogP contribution in [0.15, 0.2) is 24.3 Å². The standard InChI is InChI=1S/C15H22ClN/c16-11-13-6-5-7-14(10-13)12-17-15-8-3-1-2-4-9-15/h5-7,10,15,17H,1-4,8-9,11-12H2. The van der Waals surface area contributed by atoms with Crippen molar-refractivity contribution in [2.75, 3.05) is 0 Å². The van der Waals surface area contributed by atoms with Gasteiger partial charge in [0.15, 0.2) is 0 Å². The number of alkyl halides is 1. The van der Waals surface area contributed by atoms with Gasteiger partial charge in [0, 0.05) is 18.5 Å². The fraction of sp³-hybridized carbons (Fsp3) is 0.600. The number of nitrogens with one attached hydrogen (secondary N) is 1. The number of hydrogen-bond acceptors (Lipinski definition) is 1. The normalized spacial score (nSPS) is 17.9. The molecule has 1 aromatic carbocycles. The Bertz CT molecular complexity index is 329. The fourth-order valence-electron chi connectivity index (χ4n) is 2.57. The van der Waals surface area contributed by atoms with Gasteiger partial charge in [0.2, 0.25) is 0 Å². The molecule has 1 fully saturated rings. The molecule has 1 N–H and O–H groups in total. The lowest BCUT2D eigenvalue weighted by Crippen LogP contribution is -2.27. The minimum Gasteiger partial charge on any atom is -0.310 e. The molecule has 2 heteroatoms. The van der Waals surface area contributed by atoms with E-state index in [1.54, 1.807) is 0 Å². The molecule has 17 heavy (non-hydrogen) atoms. The molecule has 0 amide bonds. The lowest BCUT2D eigenvalue weighted by atomic mass is 10.1. The van der Waals surface area contributed by atoms with Crippen molar-refractivity contribution in [1.82, 2.24) is 5.32 Å². The Morgan fingerprint density at radius 3 is 2.47 bits per heavy atom. The van der Waals surface area contributed by atoms with Crippen LogP contribution in [0.5, 0.6) is 0 Å². The Morgan fingerprint density at radius 2 is 1.76 bits per heavy atom. The van der Waals surface area contributed by atoms with E-state index in [1.807, 2.05) is 0 Å². The van der Waals surface area contributed by atoms with E-state index in [4.69, 9.17) is 11.6 Å². The molecule has 1 saturated carbocycles. The molecule has 1 aliphatic rings. The Morgan fingerprint density at radius 1 is 1.06 bits per heavy atom. The highest BCUT2D eigenvalue weighted by Gasteiger charge is 2.11. The van der Waals surface area contributed by atoms with E-state index in [1.165, 1.54) is 49.7 Å². The Hall–Kier alpha value is -0.530. The molecular formula is C15H22ClN. The molecule has 0 saturated heterocycles. The average molecular weight is 252 g/mol. The molecule has 0 atom stereocenters. The first kappa shape index (κ1) is 12.9. The number of benzene rings is 1. The van der Waals surface area contributed by atoms with Crippen LogP contribution < -0.4 is 5.32 Å². The minimum atomic E-state index is 0.608. The number of hydrogen-bond donors (Lipinski definition) is 1. The van der Waals surface area contributed by atoms with Crippen LogP contribution in [0.1, 0.15) is 49.7 Å². The third-order valence-electron chi connectivity index (χ3n) is 3.60. The van der Waals surface area contributed by atoms with Gasteiger partial charge in [-0.05, 0) is 24.0 Å². The summed E-state index contributed by atoms with van der Waals surface area (Å²) >= 11 is 5.85. The van der Waals surface area contributed by atoms with Crippen molar-refractivity contribution in [2.45, 2.75) is 57.0 Å². The summed E-state index contributed by atoms with van der Waals surface area (Å²) in [6.45, 7) is 0.982. The van der Waals surface area contributed by atoms with Gasteiger partial charge in [0.1, 0.15) is 0 Å². The molecule has 0 radical (unpaired) electrons. The molecule has 0 heterocycles. The van der Waals surface area contributed by atoms with Crippen LogP contribution >= 0.6 is 11.6 Å². The van der Waals surface area contributed by atoms with Crippen LogP contribution in [-0.2, 0) is 12.4 Å². The summed E-state index contributed by atoms with van der Waals surface area (Å²) in [6.07, 6.45) is 8.29. The molecular weight excluding hydrogens is 230 g/mol. The summed E-state index contributed by atoms with van der Waals surface area (Å²) in [6, 6.07) is 9.29. The molecule has 1 aromatic rings. The van der Waals surface area contributed by atoms with E-state index >= 15 is 0 Å². The van der Waals surface area contributed by atoms with Crippen molar-refractivity contribution in [2.24, 2.45) is 0 Å². The van der Waals surface area contributed by atoms with Crippen LogP contribution in [0.2, 0.25) is 0 Å². The number of halogens is 1. The van der Waals surface area contributed by atoms with Crippen molar-refractivity contribution in [3.8, 4) is 0 Å². The Kier molecular flexibility index (Phi) is 5.34. The van der Waals surface area contributed by atoms with Crippen molar-refractivity contribution in [3.63, 3.8) is 0 Å². The third kappa shape index (κ3) is 4.33. The summed E-state index contributed by atoms with van der Waals surface area (Å²) in [4.78, 5) is 0. The molecule has 0 aromatic heterocycles. The van der Waals surface area contributed by atoms with E-state index in [2.05, 4.69) is 29.6 Å². The van der Waals surface area contributed by atoms with Crippen LogP contribution in [-0.4, -0.2) is 6.04 Å². The van der Waals surface area contributed by atoms with Gasteiger partial charge in [0.05, 0.1) is 0 Å². The molecule has 94 valence electrons. The zero-order valence-corrected chi connectivity index (χ0v) is 11.2. The van der Waals surface area contributed by atoms with Crippen molar-refractivity contribution in [3.05, 3.63) is 35.4 Å². The first-order valence-electron chi connectivity index (χ1n) is 6.75. The maximum absolute atomic E-state index is 5.85. The molecule has 0 unspecified atom stereocenters. The summed E-state index contributed by atoms with van der Waals surface area (Å²) in [5.74, 6) is 0.608. The Labute approximate surface area is 110 Å². The molecule has 0 spiro atoms. The van der Waals surface area contributed by atoms with Gasteiger partial charge >= 0.3 is 0 Å². The van der Waals surface area contributed by atoms with Gasteiger partial charge in [-0.25, -0.2) is 0 Å².